The van der Waals surface area contributed by atoms with Crippen molar-refractivity contribution in [1.29, 1.82) is 0 Å². The van der Waals surface area contributed by atoms with E-state index in [9.17, 15) is 5.11 Å². The maximum Gasteiger partial charge on any atom is 0.118 e. The van der Waals surface area contributed by atoms with E-state index in [1.165, 1.54) is 12.8 Å². The molecular formula is C11H16ClNO. The average Bonchev–Trinajstić information content (AvgIpc) is 2.91. The summed E-state index contributed by atoms with van der Waals surface area (Å²) in [4.78, 5) is 0. The molecule has 0 spiro atoms. The maximum absolute atomic E-state index is 9.34. The summed E-state index contributed by atoms with van der Waals surface area (Å²) < 4.78 is 0. The van der Waals surface area contributed by atoms with Gasteiger partial charge >= 0.3 is 0 Å². The lowest BCUT2D eigenvalue weighted by Gasteiger charge is -2.11. The van der Waals surface area contributed by atoms with E-state index >= 15 is 0 Å². The number of aryl methyl sites for hydroxylation is 1. The number of hydrogen-bond acceptors (Lipinski definition) is 2. The molecule has 0 bridgehead atoms. The minimum Gasteiger partial charge on any atom is -0.508 e. The number of phenolic OH excluding ortho intramolecular Hbond substituents is 1. The first-order chi connectivity index (χ1) is 6.18. The summed E-state index contributed by atoms with van der Waals surface area (Å²) in [6.07, 6.45) is 2.50. The molecule has 0 amide bonds. The van der Waals surface area contributed by atoms with E-state index in [-0.39, 0.29) is 18.4 Å². The first-order valence-corrected chi connectivity index (χ1v) is 4.73. The third-order valence-corrected chi connectivity index (χ3v) is 2.74. The zero-order valence-corrected chi connectivity index (χ0v) is 9.05. The van der Waals surface area contributed by atoms with Gasteiger partial charge in [-0.25, -0.2) is 0 Å². The highest BCUT2D eigenvalue weighted by Gasteiger charge is 2.29. The van der Waals surface area contributed by atoms with Crippen LogP contribution in [0.15, 0.2) is 18.2 Å². The van der Waals surface area contributed by atoms with Gasteiger partial charge in [0.1, 0.15) is 5.75 Å². The van der Waals surface area contributed by atoms with E-state index in [2.05, 4.69) is 0 Å². The molecule has 0 aliphatic heterocycles. The summed E-state index contributed by atoms with van der Waals surface area (Å²) >= 11 is 0. The molecule has 0 heterocycles. The largest absolute Gasteiger partial charge is 0.508 e. The van der Waals surface area contributed by atoms with E-state index in [0.29, 0.717) is 11.7 Å². The number of benzene rings is 1. The summed E-state index contributed by atoms with van der Waals surface area (Å²) in [5.74, 6) is 1.02. The van der Waals surface area contributed by atoms with Crippen LogP contribution in [0.1, 0.15) is 30.0 Å². The van der Waals surface area contributed by atoms with Crippen LogP contribution in [0.3, 0.4) is 0 Å². The smallest absolute Gasteiger partial charge is 0.118 e. The van der Waals surface area contributed by atoms with Crippen LogP contribution in [0.2, 0.25) is 0 Å². The third kappa shape index (κ3) is 2.20. The standard InChI is InChI=1S/C11H15NO.ClH/c1-7-6-9(4-5-10(7)13)11(12)8-2-3-8;/h4-6,8,11,13H,2-3,12H2,1H3;1H/t11-;/m0./s1. The molecule has 1 aliphatic rings. The molecule has 0 aromatic heterocycles. The van der Waals surface area contributed by atoms with Crippen LogP contribution >= 0.6 is 12.4 Å². The number of rotatable bonds is 2. The first kappa shape index (κ1) is 11.3. The molecule has 1 aromatic rings. The maximum atomic E-state index is 9.34. The Bertz CT molecular complexity index is 323. The second kappa shape index (κ2) is 4.20. The Labute approximate surface area is 90.5 Å². The van der Waals surface area contributed by atoms with Crippen molar-refractivity contribution in [2.24, 2.45) is 11.7 Å². The second-order valence-electron chi connectivity index (χ2n) is 3.91. The molecule has 1 aliphatic carbocycles. The molecule has 2 rings (SSSR count). The van der Waals surface area contributed by atoms with Gasteiger partial charge in [-0.15, -0.1) is 12.4 Å². The normalized spacial score (nSPS) is 17.3. The molecule has 1 aromatic carbocycles. The van der Waals surface area contributed by atoms with Crippen molar-refractivity contribution in [2.75, 3.05) is 0 Å². The third-order valence-electron chi connectivity index (χ3n) is 2.74. The zero-order valence-electron chi connectivity index (χ0n) is 8.23. The Morgan fingerprint density at radius 2 is 2.07 bits per heavy atom. The molecule has 3 N–H and O–H groups in total. The van der Waals surface area contributed by atoms with E-state index in [1.54, 1.807) is 6.07 Å². The van der Waals surface area contributed by atoms with Crippen molar-refractivity contribution in [3.8, 4) is 5.75 Å². The topological polar surface area (TPSA) is 46.2 Å². The van der Waals surface area contributed by atoms with Gasteiger partial charge in [0.15, 0.2) is 0 Å². The average molecular weight is 214 g/mol. The number of nitrogens with two attached hydrogens (primary N) is 1. The van der Waals surface area contributed by atoms with Crippen LogP contribution in [-0.4, -0.2) is 5.11 Å². The van der Waals surface area contributed by atoms with Gasteiger partial charge in [0, 0.05) is 6.04 Å². The Balaban J connectivity index is 0.000000980. The van der Waals surface area contributed by atoms with Gasteiger partial charge in [-0.3, -0.25) is 0 Å². The fourth-order valence-corrected chi connectivity index (χ4v) is 1.61. The van der Waals surface area contributed by atoms with Gasteiger partial charge in [-0.2, -0.15) is 0 Å². The second-order valence-corrected chi connectivity index (χ2v) is 3.91. The SMILES string of the molecule is Cc1cc([C@@H](N)C2CC2)ccc1O.Cl. The van der Waals surface area contributed by atoms with Crippen LogP contribution in [0.4, 0.5) is 0 Å². The number of aromatic hydroxyl groups is 1. The Morgan fingerprint density at radius 1 is 1.43 bits per heavy atom. The van der Waals surface area contributed by atoms with Gasteiger partial charge in [-0.1, -0.05) is 12.1 Å². The predicted octanol–water partition coefficient (Wildman–Crippen LogP) is 2.53. The fraction of sp³-hybridized carbons (Fsp3) is 0.455. The lowest BCUT2D eigenvalue weighted by atomic mass is 10.0. The van der Waals surface area contributed by atoms with Crippen LogP contribution in [0.25, 0.3) is 0 Å². The highest BCUT2D eigenvalue weighted by atomic mass is 35.5. The van der Waals surface area contributed by atoms with E-state index in [1.807, 2.05) is 19.1 Å². The first-order valence-electron chi connectivity index (χ1n) is 4.73. The Kier molecular flexibility index (Phi) is 3.40. The highest BCUT2D eigenvalue weighted by molar-refractivity contribution is 5.85. The summed E-state index contributed by atoms with van der Waals surface area (Å²) in [5, 5.41) is 9.34. The number of hydrogen-bond donors (Lipinski definition) is 2. The van der Waals surface area contributed by atoms with E-state index in [4.69, 9.17) is 5.73 Å². The molecule has 78 valence electrons. The minimum absolute atomic E-state index is 0. The van der Waals surface area contributed by atoms with Crippen molar-refractivity contribution in [1.82, 2.24) is 0 Å². The van der Waals surface area contributed by atoms with E-state index < -0.39 is 0 Å². The quantitative estimate of drug-likeness (QED) is 0.793. The van der Waals surface area contributed by atoms with Gasteiger partial charge in [-0.05, 0) is 42.9 Å². The Hall–Kier alpha value is -0.730. The predicted molar refractivity (Wildman–Crippen MR) is 59.7 cm³/mol. The van der Waals surface area contributed by atoms with Crippen molar-refractivity contribution < 1.29 is 5.11 Å². The van der Waals surface area contributed by atoms with Crippen LogP contribution in [0.5, 0.6) is 5.75 Å². The summed E-state index contributed by atoms with van der Waals surface area (Å²) in [7, 11) is 0. The van der Waals surface area contributed by atoms with Gasteiger partial charge < -0.3 is 10.8 Å². The highest BCUT2D eigenvalue weighted by Crippen LogP contribution is 2.39. The monoisotopic (exact) mass is 213 g/mol. The molecule has 0 radical (unpaired) electrons. The lowest BCUT2D eigenvalue weighted by molar-refractivity contribution is 0.470. The zero-order chi connectivity index (χ0) is 9.42. The van der Waals surface area contributed by atoms with Crippen molar-refractivity contribution >= 4 is 12.4 Å². The van der Waals surface area contributed by atoms with E-state index in [0.717, 1.165) is 11.1 Å². The Morgan fingerprint density at radius 3 is 2.57 bits per heavy atom. The van der Waals surface area contributed by atoms with Crippen molar-refractivity contribution in [3.63, 3.8) is 0 Å². The summed E-state index contributed by atoms with van der Waals surface area (Å²) in [6, 6.07) is 5.80. The van der Waals surface area contributed by atoms with Gasteiger partial charge in [0.2, 0.25) is 0 Å². The molecule has 1 saturated carbocycles. The van der Waals surface area contributed by atoms with Crippen LogP contribution in [-0.2, 0) is 0 Å². The molecule has 3 heteroatoms. The van der Waals surface area contributed by atoms with Crippen molar-refractivity contribution in [2.45, 2.75) is 25.8 Å². The molecule has 0 saturated heterocycles. The lowest BCUT2D eigenvalue weighted by Crippen LogP contribution is -2.12. The van der Waals surface area contributed by atoms with Crippen LogP contribution < -0.4 is 5.73 Å². The molecule has 1 fully saturated rings. The fourth-order valence-electron chi connectivity index (χ4n) is 1.61. The molecule has 14 heavy (non-hydrogen) atoms. The molecule has 2 nitrogen and oxygen atoms in total. The van der Waals surface area contributed by atoms with Gasteiger partial charge in [0.25, 0.3) is 0 Å². The van der Waals surface area contributed by atoms with Gasteiger partial charge in [0.05, 0.1) is 0 Å². The number of phenols is 1. The summed E-state index contributed by atoms with van der Waals surface area (Å²) in [5.41, 5.74) is 8.10. The number of halogens is 1. The minimum atomic E-state index is 0. The molecular weight excluding hydrogens is 198 g/mol. The van der Waals surface area contributed by atoms with Crippen molar-refractivity contribution in [3.05, 3.63) is 29.3 Å². The molecule has 1 atom stereocenters. The summed E-state index contributed by atoms with van der Waals surface area (Å²) in [6.45, 7) is 1.90. The molecule has 0 unspecified atom stereocenters. The van der Waals surface area contributed by atoms with Crippen LogP contribution in [0, 0.1) is 12.8 Å².